The van der Waals surface area contributed by atoms with Gasteiger partial charge in [-0.1, -0.05) is 20.8 Å². The highest BCUT2D eigenvalue weighted by Gasteiger charge is 2.31. The molecular weight excluding hydrogens is 224 g/mol. The van der Waals surface area contributed by atoms with Crippen molar-refractivity contribution in [2.75, 3.05) is 6.54 Å². The molecule has 0 aromatic heterocycles. The number of nitrogens with one attached hydrogen (secondary N) is 2. The van der Waals surface area contributed by atoms with Crippen molar-refractivity contribution in [1.29, 1.82) is 0 Å². The predicted octanol–water partition coefficient (Wildman–Crippen LogP) is 2.71. The number of rotatable bonds is 3. The summed E-state index contributed by atoms with van der Waals surface area (Å²) in [6.45, 7) is 13.4. The van der Waals surface area contributed by atoms with Crippen LogP contribution in [-0.4, -0.2) is 24.0 Å². The number of hydrogen-bond donors (Lipinski definition) is 2. The Morgan fingerprint density at radius 2 is 1.89 bits per heavy atom. The van der Waals surface area contributed by atoms with Crippen molar-refractivity contribution in [1.82, 2.24) is 10.6 Å². The molecule has 0 radical (unpaired) electrons. The summed E-state index contributed by atoms with van der Waals surface area (Å²) in [5, 5.41) is 6.41. The second-order valence-corrected chi connectivity index (χ2v) is 7.79. The highest BCUT2D eigenvalue weighted by molar-refractivity contribution is 5.78. The number of carbonyl (C=O) groups excluding carboxylic acids is 1. The molecule has 3 nitrogen and oxygen atoms in total. The molecule has 0 bridgehead atoms. The Balaban J connectivity index is 2.37. The molecule has 1 aliphatic rings. The van der Waals surface area contributed by atoms with Crippen molar-refractivity contribution in [3.63, 3.8) is 0 Å². The zero-order chi connectivity index (χ0) is 14.0. The van der Waals surface area contributed by atoms with Crippen molar-refractivity contribution in [2.24, 2.45) is 11.3 Å². The van der Waals surface area contributed by atoms with Gasteiger partial charge >= 0.3 is 0 Å². The normalized spacial score (nSPS) is 27.9. The Bertz CT molecular complexity index is 291. The molecule has 3 heteroatoms. The van der Waals surface area contributed by atoms with Gasteiger partial charge in [-0.15, -0.1) is 0 Å². The molecule has 0 aromatic rings. The van der Waals surface area contributed by atoms with Gasteiger partial charge in [0.1, 0.15) is 0 Å². The van der Waals surface area contributed by atoms with Gasteiger partial charge in [0.05, 0.1) is 6.54 Å². The lowest BCUT2D eigenvalue weighted by atomic mass is 9.70. The van der Waals surface area contributed by atoms with Crippen LogP contribution in [0.4, 0.5) is 0 Å². The van der Waals surface area contributed by atoms with Gasteiger partial charge in [-0.3, -0.25) is 4.79 Å². The second-order valence-electron chi connectivity index (χ2n) is 7.79. The van der Waals surface area contributed by atoms with E-state index in [0.717, 1.165) is 5.92 Å². The molecule has 1 fully saturated rings. The van der Waals surface area contributed by atoms with Gasteiger partial charge in [0, 0.05) is 11.6 Å². The van der Waals surface area contributed by atoms with Crippen LogP contribution >= 0.6 is 0 Å². The molecule has 0 aromatic carbocycles. The molecular formula is C15H30N2O. The summed E-state index contributed by atoms with van der Waals surface area (Å²) >= 11 is 0. The molecule has 2 unspecified atom stereocenters. The van der Waals surface area contributed by atoms with Gasteiger partial charge in [-0.25, -0.2) is 0 Å². The topological polar surface area (TPSA) is 41.1 Å². The third kappa shape index (κ3) is 5.85. The van der Waals surface area contributed by atoms with Crippen LogP contribution in [0.15, 0.2) is 0 Å². The highest BCUT2D eigenvalue weighted by atomic mass is 16.2. The Morgan fingerprint density at radius 1 is 1.28 bits per heavy atom. The average Bonchev–Trinajstić information content (AvgIpc) is 2.08. The summed E-state index contributed by atoms with van der Waals surface area (Å²) < 4.78 is 0. The predicted molar refractivity (Wildman–Crippen MR) is 76.5 cm³/mol. The van der Waals surface area contributed by atoms with Crippen LogP contribution in [0.2, 0.25) is 0 Å². The van der Waals surface area contributed by atoms with Crippen molar-refractivity contribution >= 4 is 5.91 Å². The third-order valence-electron chi connectivity index (χ3n) is 3.45. The minimum atomic E-state index is -0.141. The Morgan fingerprint density at radius 3 is 2.39 bits per heavy atom. The quantitative estimate of drug-likeness (QED) is 0.813. The largest absolute Gasteiger partial charge is 0.350 e. The van der Waals surface area contributed by atoms with E-state index in [0.29, 0.717) is 18.0 Å². The molecule has 18 heavy (non-hydrogen) atoms. The average molecular weight is 254 g/mol. The lowest BCUT2D eigenvalue weighted by Crippen LogP contribution is -2.48. The molecule has 0 spiro atoms. The van der Waals surface area contributed by atoms with Crippen LogP contribution in [0.5, 0.6) is 0 Å². The van der Waals surface area contributed by atoms with Gasteiger partial charge in [-0.2, -0.15) is 0 Å². The molecule has 0 saturated heterocycles. The molecule has 1 aliphatic carbocycles. The maximum atomic E-state index is 11.8. The van der Waals surface area contributed by atoms with E-state index >= 15 is 0 Å². The van der Waals surface area contributed by atoms with E-state index in [1.54, 1.807) is 0 Å². The summed E-state index contributed by atoms with van der Waals surface area (Å²) in [5.41, 5.74) is 0.258. The fourth-order valence-electron chi connectivity index (χ4n) is 3.20. The zero-order valence-corrected chi connectivity index (χ0v) is 12.9. The van der Waals surface area contributed by atoms with Gasteiger partial charge < -0.3 is 10.6 Å². The highest BCUT2D eigenvalue weighted by Crippen LogP contribution is 2.38. The zero-order valence-electron chi connectivity index (χ0n) is 12.9. The fraction of sp³-hybridized carbons (Fsp3) is 0.933. The SMILES string of the molecule is CC1CC(NCC(=O)NC(C)(C)C)CC(C)(C)C1. The third-order valence-corrected chi connectivity index (χ3v) is 3.45. The first-order valence-corrected chi connectivity index (χ1v) is 7.12. The lowest BCUT2D eigenvalue weighted by Gasteiger charge is -2.39. The van der Waals surface area contributed by atoms with E-state index in [4.69, 9.17) is 0 Å². The van der Waals surface area contributed by atoms with Gasteiger partial charge in [0.25, 0.3) is 0 Å². The Hall–Kier alpha value is -0.570. The van der Waals surface area contributed by atoms with E-state index in [-0.39, 0.29) is 11.4 Å². The van der Waals surface area contributed by atoms with E-state index in [1.807, 2.05) is 20.8 Å². The van der Waals surface area contributed by atoms with Crippen molar-refractivity contribution in [3.8, 4) is 0 Å². The number of hydrogen-bond acceptors (Lipinski definition) is 2. The van der Waals surface area contributed by atoms with E-state index in [9.17, 15) is 4.79 Å². The van der Waals surface area contributed by atoms with Crippen molar-refractivity contribution < 1.29 is 4.79 Å². The van der Waals surface area contributed by atoms with E-state index < -0.39 is 0 Å². The van der Waals surface area contributed by atoms with E-state index in [1.165, 1.54) is 19.3 Å². The minimum absolute atomic E-state index is 0.0959. The van der Waals surface area contributed by atoms with Crippen LogP contribution in [-0.2, 0) is 4.79 Å². The molecule has 106 valence electrons. The summed E-state index contributed by atoms with van der Waals surface area (Å²) in [6.07, 6.45) is 3.64. The summed E-state index contributed by atoms with van der Waals surface area (Å²) in [7, 11) is 0. The molecule has 0 aliphatic heterocycles. The summed E-state index contributed by atoms with van der Waals surface area (Å²) in [5.74, 6) is 0.843. The first kappa shape index (κ1) is 15.5. The van der Waals surface area contributed by atoms with Crippen LogP contribution in [0, 0.1) is 11.3 Å². The monoisotopic (exact) mass is 254 g/mol. The number of amides is 1. The molecule has 1 saturated carbocycles. The molecule has 1 rings (SSSR count). The molecule has 2 N–H and O–H groups in total. The second kappa shape index (κ2) is 5.60. The molecule has 2 atom stereocenters. The minimum Gasteiger partial charge on any atom is -0.350 e. The maximum Gasteiger partial charge on any atom is 0.234 e. The maximum absolute atomic E-state index is 11.8. The van der Waals surface area contributed by atoms with Gasteiger partial charge in [-0.05, 0) is 51.4 Å². The lowest BCUT2D eigenvalue weighted by molar-refractivity contribution is -0.121. The van der Waals surface area contributed by atoms with Crippen LogP contribution < -0.4 is 10.6 Å². The summed E-state index contributed by atoms with van der Waals surface area (Å²) in [6, 6.07) is 0.481. The number of carbonyl (C=O) groups is 1. The first-order chi connectivity index (χ1) is 8.07. The first-order valence-electron chi connectivity index (χ1n) is 7.12. The van der Waals surface area contributed by atoms with Crippen LogP contribution in [0.3, 0.4) is 0 Å². The fourth-order valence-corrected chi connectivity index (χ4v) is 3.20. The van der Waals surface area contributed by atoms with Crippen LogP contribution in [0.25, 0.3) is 0 Å². The van der Waals surface area contributed by atoms with Gasteiger partial charge in [0.2, 0.25) is 5.91 Å². The van der Waals surface area contributed by atoms with Crippen molar-refractivity contribution in [3.05, 3.63) is 0 Å². The Kier molecular flexibility index (Phi) is 4.82. The van der Waals surface area contributed by atoms with Gasteiger partial charge in [0.15, 0.2) is 0 Å². The van der Waals surface area contributed by atoms with E-state index in [2.05, 4.69) is 31.4 Å². The molecule has 0 heterocycles. The van der Waals surface area contributed by atoms with Crippen LogP contribution in [0.1, 0.15) is 60.8 Å². The standard InChI is InChI=1S/C15H30N2O/c1-11-7-12(9-15(5,6)8-11)16-10-13(18)17-14(2,3)4/h11-12,16H,7-10H2,1-6H3,(H,17,18). The molecule has 1 amide bonds. The Labute approximate surface area is 112 Å². The smallest absolute Gasteiger partial charge is 0.234 e. The van der Waals surface area contributed by atoms with Crippen molar-refractivity contribution in [2.45, 2.75) is 72.4 Å². The summed E-state index contributed by atoms with van der Waals surface area (Å²) in [4.78, 5) is 11.8.